The normalized spacial score (nSPS) is 22.1. The zero-order valence-electron chi connectivity index (χ0n) is 8.98. The van der Waals surface area contributed by atoms with Gasteiger partial charge in [0.15, 0.2) is 5.17 Å². The van der Waals surface area contributed by atoms with Crippen LogP contribution in [0.1, 0.15) is 10.4 Å². The lowest BCUT2D eigenvalue weighted by atomic mass is 9.99. The summed E-state index contributed by atoms with van der Waals surface area (Å²) in [4.78, 5) is 24.6. The van der Waals surface area contributed by atoms with Crippen LogP contribution >= 0.6 is 45.0 Å². The molecule has 0 fully saturated rings. The predicted molar refractivity (Wildman–Crippen MR) is 76.9 cm³/mol. The van der Waals surface area contributed by atoms with Crippen LogP contribution in [0.4, 0.5) is 0 Å². The zero-order valence-corrected chi connectivity index (χ0v) is 12.1. The van der Waals surface area contributed by atoms with Crippen molar-refractivity contribution in [3.63, 3.8) is 0 Å². The Morgan fingerprint density at radius 1 is 1.21 bits per heavy atom. The molecule has 0 spiro atoms. The minimum absolute atomic E-state index is 0.0986. The third kappa shape index (κ3) is 2.18. The summed E-state index contributed by atoms with van der Waals surface area (Å²) in [7, 11) is 2.25. The van der Waals surface area contributed by atoms with Crippen LogP contribution in [0.2, 0.25) is 5.02 Å². The maximum atomic E-state index is 12.4. The number of rotatable bonds is 0. The van der Waals surface area contributed by atoms with Crippen LogP contribution in [0.25, 0.3) is 0 Å². The molecule has 2 heterocycles. The highest BCUT2D eigenvalue weighted by Crippen LogP contribution is 2.44. The van der Waals surface area contributed by atoms with E-state index in [-0.39, 0.29) is 22.1 Å². The van der Waals surface area contributed by atoms with Crippen molar-refractivity contribution in [3.8, 4) is 5.75 Å². The lowest BCUT2D eigenvalue weighted by Crippen LogP contribution is -2.26. The summed E-state index contributed by atoms with van der Waals surface area (Å²) in [6, 6.07) is 4.50. The third-order valence-corrected chi connectivity index (χ3v) is 5.04. The van der Waals surface area contributed by atoms with Crippen molar-refractivity contribution in [1.29, 1.82) is 0 Å². The van der Waals surface area contributed by atoms with E-state index in [0.29, 0.717) is 9.93 Å². The maximum Gasteiger partial charge on any atom is 0.348 e. The standard InChI is InChI=1S/C11H3Cl2NO3S2/c12-4-1-2-6-5(3-4)8(15)7(11(16)17-6)9-10(13)14-19-18-9/h1-3H/b9-7+. The largest absolute Gasteiger partial charge is 0.422 e. The number of hydrogen-bond acceptors (Lipinski definition) is 6. The van der Waals surface area contributed by atoms with Gasteiger partial charge in [-0.05, 0) is 29.0 Å². The average Bonchev–Trinajstić information content (AvgIpc) is 2.77. The number of esters is 1. The second kappa shape index (κ2) is 4.86. The predicted octanol–water partition coefficient (Wildman–Crippen LogP) is 3.64. The van der Waals surface area contributed by atoms with E-state index in [4.69, 9.17) is 27.9 Å². The summed E-state index contributed by atoms with van der Waals surface area (Å²) >= 11 is 11.7. The Morgan fingerprint density at radius 2 is 2.00 bits per heavy atom. The van der Waals surface area contributed by atoms with Gasteiger partial charge < -0.3 is 4.74 Å². The first-order chi connectivity index (χ1) is 9.08. The molecule has 8 heteroatoms. The zero-order chi connectivity index (χ0) is 13.6. The van der Waals surface area contributed by atoms with Crippen molar-refractivity contribution >= 4 is 61.9 Å². The van der Waals surface area contributed by atoms with E-state index in [0.717, 1.165) is 21.8 Å². The van der Waals surface area contributed by atoms with Crippen LogP contribution in [-0.2, 0) is 4.79 Å². The smallest absolute Gasteiger partial charge is 0.348 e. The topological polar surface area (TPSA) is 55.7 Å². The molecule has 0 saturated heterocycles. The van der Waals surface area contributed by atoms with E-state index in [1.807, 2.05) is 0 Å². The lowest BCUT2D eigenvalue weighted by Gasteiger charge is -2.17. The number of hydrogen-bond donors (Lipinski definition) is 0. The molecule has 2 aliphatic heterocycles. The van der Waals surface area contributed by atoms with E-state index < -0.39 is 11.8 Å². The molecule has 0 aliphatic carbocycles. The number of carbonyl (C=O) groups excluding carboxylic acids is 2. The summed E-state index contributed by atoms with van der Waals surface area (Å²) < 4.78 is 8.97. The summed E-state index contributed by atoms with van der Waals surface area (Å²) in [5.41, 5.74) is 0.148. The SMILES string of the molecule is O=C1Oc2ccc(Cl)cc2C(=O)/C1=C1\SSN=C1Cl. The molecular weight excluding hydrogens is 329 g/mol. The fourth-order valence-electron chi connectivity index (χ4n) is 1.65. The Balaban J connectivity index is 2.18. The van der Waals surface area contributed by atoms with Gasteiger partial charge in [-0.1, -0.05) is 23.2 Å². The summed E-state index contributed by atoms with van der Waals surface area (Å²) in [5, 5.41) is 0.517. The van der Waals surface area contributed by atoms with Crippen LogP contribution in [0.15, 0.2) is 33.1 Å². The van der Waals surface area contributed by atoms with Gasteiger partial charge in [0, 0.05) is 5.02 Å². The molecule has 96 valence electrons. The van der Waals surface area contributed by atoms with Crippen molar-refractivity contribution in [2.45, 2.75) is 0 Å². The third-order valence-electron chi connectivity index (χ3n) is 2.47. The van der Waals surface area contributed by atoms with Gasteiger partial charge in [-0.2, -0.15) is 4.40 Å². The summed E-state index contributed by atoms with van der Waals surface area (Å²) in [5.74, 6) is -0.974. The Labute approximate surface area is 125 Å². The molecule has 19 heavy (non-hydrogen) atoms. The molecule has 2 aliphatic rings. The van der Waals surface area contributed by atoms with Crippen molar-refractivity contribution in [2.75, 3.05) is 0 Å². The highest BCUT2D eigenvalue weighted by atomic mass is 35.5. The number of carbonyl (C=O) groups is 2. The van der Waals surface area contributed by atoms with Crippen LogP contribution in [0.3, 0.4) is 0 Å². The van der Waals surface area contributed by atoms with E-state index in [9.17, 15) is 9.59 Å². The lowest BCUT2D eigenvalue weighted by molar-refractivity contribution is -0.130. The van der Waals surface area contributed by atoms with Crippen molar-refractivity contribution in [2.24, 2.45) is 4.40 Å². The fourth-order valence-corrected chi connectivity index (χ4v) is 4.14. The van der Waals surface area contributed by atoms with Gasteiger partial charge in [-0.15, -0.1) is 0 Å². The maximum absolute atomic E-state index is 12.4. The molecule has 0 unspecified atom stereocenters. The molecular formula is C11H3Cl2NO3S2. The van der Waals surface area contributed by atoms with Gasteiger partial charge in [0.25, 0.3) is 0 Å². The van der Waals surface area contributed by atoms with Crippen molar-refractivity contribution < 1.29 is 14.3 Å². The molecule has 1 aromatic carbocycles. The molecule has 1 aromatic rings. The molecule has 0 bridgehead atoms. The van der Waals surface area contributed by atoms with E-state index in [2.05, 4.69) is 4.40 Å². The molecule has 0 radical (unpaired) electrons. The number of fused-ring (bicyclic) bond motifs is 1. The monoisotopic (exact) mass is 331 g/mol. The quantitative estimate of drug-likeness (QED) is 0.181. The molecule has 0 atom stereocenters. The second-order valence-corrected chi connectivity index (χ2v) is 6.25. The first-order valence-electron chi connectivity index (χ1n) is 4.96. The number of benzene rings is 1. The van der Waals surface area contributed by atoms with Crippen LogP contribution in [-0.4, -0.2) is 16.9 Å². The second-order valence-electron chi connectivity index (χ2n) is 3.60. The number of ether oxygens (including phenoxy) is 1. The van der Waals surface area contributed by atoms with Gasteiger partial charge >= 0.3 is 5.97 Å². The average molecular weight is 332 g/mol. The van der Waals surface area contributed by atoms with Crippen molar-refractivity contribution in [1.82, 2.24) is 0 Å². The first kappa shape index (κ1) is 13.1. The number of nitrogens with zero attached hydrogens (tertiary/aromatic N) is 1. The fraction of sp³-hybridized carbons (Fsp3) is 0. The van der Waals surface area contributed by atoms with E-state index in [1.165, 1.54) is 12.1 Å². The number of ketones is 1. The molecule has 4 nitrogen and oxygen atoms in total. The number of halogens is 2. The van der Waals surface area contributed by atoms with Gasteiger partial charge in [-0.3, -0.25) is 4.79 Å². The summed E-state index contributed by atoms with van der Waals surface area (Å²) in [6.45, 7) is 0. The van der Waals surface area contributed by atoms with Crippen LogP contribution in [0.5, 0.6) is 5.75 Å². The van der Waals surface area contributed by atoms with E-state index >= 15 is 0 Å². The Hall–Kier alpha value is -0.950. The number of Topliss-reactive ketones (excluding diaryl/α,β-unsaturated/α-hetero) is 1. The van der Waals surface area contributed by atoms with Crippen LogP contribution in [0, 0.1) is 0 Å². The minimum atomic E-state index is -0.724. The van der Waals surface area contributed by atoms with Gasteiger partial charge in [-0.25, -0.2) is 4.79 Å². The molecule has 3 rings (SSSR count). The summed E-state index contributed by atoms with van der Waals surface area (Å²) in [6.07, 6.45) is 0. The van der Waals surface area contributed by atoms with Crippen molar-refractivity contribution in [3.05, 3.63) is 39.3 Å². The highest BCUT2D eigenvalue weighted by molar-refractivity contribution is 8.78. The van der Waals surface area contributed by atoms with Crippen LogP contribution < -0.4 is 4.74 Å². The highest BCUT2D eigenvalue weighted by Gasteiger charge is 2.36. The number of allylic oxidation sites excluding steroid dienone is 1. The van der Waals surface area contributed by atoms with Gasteiger partial charge in [0.1, 0.15) is 11.3 Å². The van der Waals surface area contributed by atoms with Gasteiger partial charge in [0.2, 0.25) is 5.78 Å². The minimum Gasteiger partial charge on any atom is -0.422 e. The Bertz CT molecular complexity index is 685. The Morgan fingerprint density at radius 3 is 2.68 bits per heavy atom. The molecule has 0 amide bonds. The van der Waals surface area contributed by atoms with E-state index in [1.54, 1.807) is 6.07 Å². The van der Waals surface area contributed by atoms with Gasteiger partial charge in [0.05, 0.1) is 21.4 Å². The molecule has 0 saturated carbocycles. The molecule has 0 N–H and O–H groups in total. The molecule has 0 aromatic heterocycles. The first-order valence-corrected chi connectivity index (χ1v) is 7.82. The Kier molecular flexibility index (Phi) is 3.34.